The van der Waals surface area contributed by atoms with Crippen LogP contribution < -0.4 is 15.4 Å². The third kappa shape index (κ3) is 3.80. The molecule has 0 aliphatic carbocycles. The van der Waals surface area contributed by atoms with Crippen molar-refractivity contribution in [2.24, 2.45) is 5.92 Å². The number of amides is 3. The van der Waals surface area contributed by atoms with Gasteiger partial charge in [0, 0.05) is 31.7 Å². The zero-order valence-electron chi connectivity index (χ0n) is 14.1. The largest absolute Gasteiger partial charge is 0.493 e. The van der Waals surface area contributed by atoms with Crippen LogP contribution in [0.25, 0.3) is 0 Å². The average molecular weight is 331 g/mol. The highest BCUT2D eigenvalue weighted by Crippen LogP contribution is 2.28. The molecule has 6 heteroatoms. The van der Waals surface area contributed by atoms with Gasteiger partial charge in [0.05, 0.1) is 12.5 Å². The molecular formula is C18H25N3O3. The minimum Gasteiger partial charge on any atom is -0.493 e. The molecule has 130 valence electrons. The summed E-state index contributed by atoms with van der Waals surface area (Å²) < 4.78 is 5.48. The number of rotatable bonds is 4. The summed E-state index contributed by atoms with van der Waals surface area (Å²) in [5, 5.41) is 5.87. The Morgan fingerprint density at radius 2 is 2.25 bits per heavy atom. The average Bonchev–Trinajstić information content (AvgIpc) is 3.07. The van der Waals surface area contributed by atoms with Crippen molar-refractivity contribution in [3.63, 3.8) is 0 Å². The van der Waals surface area contributed by atoms with Crippen LogP contribution in [0.2, 0.25) is 0 Å². The first-order valence-corrected chi connectivity index (χ1v) is 8.76. The summed E-state index contributed by atoms with van der Waals surface area (Å²) in [5.41, 5.74) is 1.91. The highest BCUT2D eigenvalue weighted by Gasteiger charge is 2.28. The molecular weight excluding hydrogens is 306 g/mol. The van der Waals surface area contributed by atoms with E-state index in [9.17, 15) is 9.59 Å². The van der Waals surface area contributed by atoms with Crippen molar-refractivity contribution in [2.75, 3.05) is 31.6 Å². The van der Waals surface area contributed by atoms with Crippen LogP contribution >= 0.6 is 0 Å². The first-order chi connectivity index (χ1) is 11.7. The lowest BCUT2D eigenvalue weighted by Gasteiger charge is -2.32. The molecule has 2 aliphatic heterocycles. The maximum Gasteiger partial charge on any atom is 0.321 e. The maximum absolute atomic E-state index is 12.5. The van der Waals surface area contributed by atoms with Gasteiger partial charge in [0.25, 0.3) is 0 Å². The standard InChI is InChI=1S/C18H25N3O3/c1-2-8-19-17(22)14-4-3-9-21(12-14)18(23)20-15-5-6-16-13(11-15)7-10-24-16/h5-6,11,14H,2-4,7-10,12H2,1H3,(H,19,22)(H,20,23). The van der Waals surface area contributed by atoms with E-state index >= 15 is 0 Å². The Kier molecular flexibility index (Phi) is 5.23. The summed E-state index contributed by atoms with van der Waals surface area (Å²) in [4.78, 5) is 26.4. The molecule has 1 saturated heterocycles. The first kappa shape index (κ1) is 16.6. The lowest BCUT2D eigenvalue weighted by molar-refractivity contribution is -0.126. The Bertz CT molecular complexity index is 618. The third-order valence-electron chi connectivity index (χ3n) is 4.57. The molecule has 0 saturated carbocycles. The predicted octanol–water partition coefficient (Wildman–Crippen LogP) is 2.39. The van der Waals surface area contributed by atoms with Gasteiger partial charge in [-0.15, -0.1) is 0 Å². The smallest absolute Gasteiger partial charge is 0.321 e. The van der Waals surface area contributed by atoms with Gasteiger partial charge < -0.3 is 20.3 Å². The fourth-order valence-electron chi connectivity index (χ4n) is 3.24. The fraction of sp³-hybridized carbons (Fsp3) is 0.556. The molecule has 1 unspecified atom stereocenters. The van der Waals surface area contributed by atoms with Gasteiger partial charge >= 0.3 is 6.03 Å². The van der Waals surface area contributed by atoms with E-state index in [1.54, 1.807) is 4.90 Å². The number of nitrogens with zero attached hydrogens (tertiary/aromatic N) is 1. The Morgan fingerprint density at radius 1 is 1.38 bits per heavy atom. The lowest BCUT2D eigenvalue weighted by Crippen LogP contribution is -2.47. The monoisotopic (exact) mass is 331 g/mol. The highest BCUT2D eigenvalue weighted by atomic mass is 16.5. The second-order valence-electron chi connectivity index (χ2n) is 6.43. The van der Waals surface area contributed by atoms with Crippen LogP contribution in [0.3, 0.4) is 0 Å². The highest BCUT2D eigenvalue weighted by molar-refractivity contribution is 5.90. The Morgan fingerprint density at radius 3 is 3.08 bits per heavy atom. The van der Waals surface area contributed by atoms with E-state index in [0.717, 1.165) is 42.7 Å². The molecule has 24 heavy (non-hydrogen) atoms. The van der Waals surface area contributed by atoms with Crippen molar-refractivity contribution < 1.29 is 14.3 Å². The fourth-order valence-corrected chi connectivity index (χ4v) is 3.24. The Hall–Kier alpha value is -2.24. The zero-order chi connectivity index (χ0) is 16.9. The van der Waals surface area contributed by atoms with Gasteiger partial charge in [-0.25, -0.2) is 4.79 Å². The quantitative estimate of drug-likeness (QED) is 0.890. The number of urea groups is 1. The van der Waals surface area contributed by atoms with Crippen molar-refractivity contribution in [3.8, 4) is 5.75 Å². The molecule has 2 N–H and O–H groups in total. The first-order valence-electron chi connectivity index (χ1n) is 8.76. The number of carbonyl (C=O) groups is 2. The van der Waals surface area contributed by atoms with E-state index < -0.39 is 0 Å². The normalized spacial score (nSPS) is 19.4. The van der Waals surface area contributed by atoms with Crippen molar-refractivity contribution >= 4 is 17.6 Å². The SMILES string of the molecule is CCCNC(=O)C1CCCN(C(=O)Nc2ccc3c(c2)CCO3)C1. The van der Waals surface area contributed by atoms with E-state index in [1.165, 1.54) is 0 Å². The van der Waals surface area contributed by atoms with E-state index in [4.69, 9.17) is 4.74 Å². The summed E-state index contributed by atoms with van der Waals surface area (Å²) in [6.07, 6.45) is 3.50. The van der Waals surface area contributed by atoms with Crippen LogP contribution in [0.15, 0.2) is 18.2 Å². The molecule has 2 heterocycles. The molecule has 0 aromatic heterocycles. The van der Waals surface area contributed by atoms with Crippen molar-refractivity contribution in [2.45, 2.75) is 32.6 Å². The maximum atomic E-state index is 12.5. The molecule has 0 radical (unpaired) electrons. The number of anilines is 1. The van der Waals surface area contributed by atoms with E-state index in [2.05, 4.69) is 10.6 Å². The minimum absolute atomic E-state index is 0.0593. The van der Waals surface area contributed by atoms with E-state index in [0.29, 0.717) is 26.2 Å². The minimum atomic E-state index is -0.137. The summed E-state index contributed by atoms with van der Waals surface area (Å²) in [7, 11) is 0. The number of nitrogens with one attached hydrogen (secondary N) is 2. The van der Waals surface area contributed by atoms with Gasteiger partial charge in [0.1, 0.15) is 5.75 Å². The van der Waals surface area contributed by atoms with Crippen molar-refractivity contribution in [1.82, 2.24) is 10.2 Å². The second kappa shape index (κ2) is 7.55. The predicted molar refractivity (Wildman–Crippen MR) is 92.3 cm³/mol. The number of carbonyl (C=O) groups excluding carboxylic acids is 2. The number of hydrogen-bond donors (Lipinski definition) is 2. The van der Waals surface area contributed by atoms with E-state index in [1.807, 2.05) is 25.1 Å². The number of hydrogen-bond acceptors (Lipinski definition) is 3. The Labute approximate surface area is 142 Å². The molecule has 1 fully saturated rings. The Balaban J connectivity index is 1.57. The lowest BCUT2D eigenvalue weighted by atomic mass is 9.97. The topological polar surface area (TPSA) is 70.7 Å². The summed E-state index contributed by atoms with van der Waals surface area (Å²) >= 11 is 0. The molecule has 2 aliphatic rings. The molecule has 1 atom stereocenters. The molecule has 6 nitrogen and oxygen atoms in total. The number of ether oxygens (including phenoxy) is 1. The second-order valence-corrected chi connectivity index (χ2v) is 6.43. The summed E-state index contributed by atoms with van der Waals surface area (Å²) in [5.74, 6) is 0.854. The van der Waals surface area contributed by atoms with Gasteiger partial charge in [-0.2, -0.15) is 0 Å². The molecule has 3 amide bonds. The number of piperidine rings is 1. The van der Waals surface area contributed by atoms with Gasteiger partial charge in [-0.3, -0.25) is 4.79 Å². The van der Waals surface area contributed by atoms with Crippen LogP contribution in [0.1, 0.15) is 31.7 Å². The van der Waals surface area contributed by atoms with Crippen LogP contribution in [0.4, 0.5) is 10.5 Å². The third-order valence-corrected chi connectivity index (χ3v) is 4.57. The molecule has 1 aromatic carbocycles. The van der Waals surface area contributed by atoms with Crippen LogP contribution in [-0.4, -0.2) is 43.1 Å². The van der Waals surface area contributed by atoms with Crippen molar-refractivity contribution in [1.29, 1.82) is 0 Å². The van der Waals surface area contributed by atoms with Gasteiger partial charge in [0.2, 0.25) is 5.91 Å². The molecule has 0 bridgehead atoms. The zero-order valence-corrected chi connectivity index (χ0v) is 14.1. The van der Waals surface area contributed by atoms with E-state index in [-0.39, 0.29) is 17.9 Å². The van der Waals surface area contributed by atoms with Gasteiger partial charge in [0.15, 0.2) is 0 Å². The van der Waals surface area contributed by atoms with Crippen LogP contribution in [0.5, 0.6) is 5.75 Å². The number of fused-ring (bicyclic) bond motifs is 1. The number of likely N-dealkylation sites (tertiary alicyclic amines) is 1. The summed E-state index contributed by atoms with van der Waals surface area (Å²) in [6.45, 7) is 4.60. The van der Waals surface area contributed by atoms with Gasteiger partial charge in [-0.1, -0.05) is 6.92 Å². The van der Waals surface area contributed by atoms with Crippen molar-refractivity contribution in [3.05, 3.63) is 23.8 Å². The van der Waals surface area contributed by atoms with Gasteiger partial charge in [-0.05, 0) is 43.0 Å². The molecule has 1 aromatic rings. The summed E-state index contributed by atoms with van der Waals surface area (Å²) in [6, 6.07) is 5.59. The van der Waals surface area contributed by atoms with Crippen LogP contribution in [-0.2, 0) is 11.2 Å². The molecule has 0 spiro atoms. The van der Waals surface area contributed by atoms with Crippen LogP contribution in [0, 0.1) is 5.92 Å². The molecule has 3 rings (SSSR count). The number of benzene rings is 1.